The lowest BCUT2D eigenvalue weighted by Crippen LogP contribution is -2.58. The third kappa shape index (κ3) is 4.05. The average Bonchev–Trinajstić information content (AvgIpc) is 3.44. The summed E-state index contributed by atoms with van der Waals surface area (Å²) in [6.07, 6.45) is 6.48. The molecule has 0 aliphatic heterocycles. The fraction of sp³-hybridized carbons (Fsp3) is 0.346. The lowest BCUT2D eigenvalue weighted by Gasteiger charge is -2.57. The smallest absolute Gasteiger partial charge is 0.295 e. The van der Waals surface area contributed by atoms with Gasteiger partial charge in [-0.05, 0) is 55.4 Å². The van der Waals surface area contributed by atoms with Gasteiger partial charge in [0.05, 0.1) is 23.7 Å². The summed E-state index contributed by atoms with van der Waals surface area (Å²) in [7, 11) is 1.81. The Kier molecular flexibility index (Phi) is 5.62. The van der Waals surface area contributed by atoms with Crippen molar-refractivity contribution < 1.29 is 23.1 Å². The Morgan fingerprint density at radius 1 is 1.21 bits per heavy atom. The predicted octanol–water partition coefficient (Wildman–Crippen LogP) is 3.29. The van der Waals surface area contributed by atoms with Gasteiger partial charge in [-0.25, -0.2) is 23.7 Å². The number of amides is 2. The van der Waals surface area contributed by atoms with E-state index in [0.29, 0.717) is 11.1 Å². The number of ether oxygens (including phenoxy) is 1. The monoisotopic (exact) mass is 521 g/mol. The molecular formula is C26H25F2N7O3. The maximum atomic E-state index is 13.8. The van der Waals surface area contributed by atoms with Crippen LogP contribution >= 0.6 is 0 Å². The van der Waals surface area contributed by atoms with Crippen LogP contribution in [-0.4, -0.2) is 47.9 Å². The normalized spacial score (nSPS) is 22.3. The van der Waals surface area contributed by atoms with Gasteiger partial charge >= 0.3 is 0 Å². The molecule has 4 aromatic rings. The van der Waals surface area contributed by atoms with Crippen molar-refractivity contribution in [3.05, 3.63) is 66.3 Å². The van der Waals surface area contributed by atoms with E-state index in [1.807, 2.05) is 7.05 Å². The van der Waals surface area contributed by atoms with E-state index >= 15 is 0 Å². The van der Waals surface area contributed by atoms with Crippen molar-refractivity contribution in [1.82, 2.24) is 29.2 Å². The van der Waals surface area contributed by atoms with Crippen LogP contribution in [-0.2, 0) is 7.05 Å². The molecule has 196 valence electrons. The maximum Gasteiger partial charge on any atom is 0.295 e. The molecule has 2 amide bonds. The van der Waals surface area contributed by atoms with E-state index < -0.39 is 24.1 Å². The van der Waals surface area contributed by atoms with E-state index in [0.717, 1.165) is 31.4 Å². The molecule has 0 aromatic carbocycles. The van der Waals surface area contributed by atoms with E-state index in [1.54, 1.807) is 53.8 Å². The van der Waals surface area contributed by atoms with Crippen molar-refractivity contribution in [3.8, 4) is 17.1 Å². The van der Waals surface area contributed by atoms with Gasteiger partial charge in [0.25, 0.3) is 18.2 Å². The number of rotatable bonds is 7. The first-order valence-electron chi connectivity index (χ1n) is 12.2. The summed E-state index contributed by atoms with van der Waals surface area (Å²) < 4.78 is 36.6. The minimum Gasteiger partial charge on any atom is -0.474 e. The maximum absolute atomic E-state index is 13.8. The molecule has 38 heavy (non-hydrogen) atoms. The number of alkyl halides is 2. The minimum absolute atomic E-state index is 0.0261. The van der Waals surface area contributed by atoms with E-state index in [9.17, 15) is 18.4 Å². The molecule has 1 spiro atoms. The number of nitrogens with zero attached hydrogens (tertiary/aromatic N) is 5. The molecule has 2 aliphatic carbocycles. The lowest BCUT2D eigenvalue weighted by molar-refractivity contribution is -0.0848. The highest BCUT2D eigenvalue weighted by Gasteiger charge is 2.54. The van der Waals surface area contributed by atoms with Gasteiger partial charge in [-0.1, -0.05) is 0 Å². The van der Waals surface area contributed by atoms with Crippen LogP contribution in [0, 0.1) is 5.41 Å². The number of fused-ring (bicyclic) bond motifs is 1. The summed E-state index contributed by atoms with van der Waals surface area (Å²) in [5, 5.41) is 2.95. The Balaban J connectivity index is 1.11. The van der Waals surface area contributed by atoms with Crippen molar-refractivity contribution >= 4 is 17.3 Å². The van der Waals surface area contributed by atoms with Crippen LogP contribution < -0.4 is 15.8 Å². The van der Waals surface area contributed by atoms with Gasteiger partial charge in [-0.3, -0.25) is 14.0 Å². The third-order valence-corrected chi connectivity index (χ3v) is 7.52. The van der Waals surface area contributed by atoms with E-state index in [-0.39, 0.29) is 34.7 Å². The van der Waals surface area contributed by atoms with Gasteiger partial charge in [0.1, 0.15) is 11.7 Å². The Morgan fingerprint density at radius 2 is 2.00 bits per heavy atom. The molecule has 0 saturated heterocycles. The van der Waals surface area contributed by atoms with Crippen LogP contribution in [0.5, 0.6) is 5.88 Å². The van der Waals surface area contributed by atoms with Crippen molar-refractivity contribution in [2.75, 3.05) is 0 Å². The molecule has 2 aliphatic rings. The number of halogens is 2. The molecule has 0 bridgehead atoms. The summed E-state index contributed by atoms with van der Waals surface area (Å²) >= 11 is 0. The topological polar surface area (TPSA) is 129 Å². The zero-order valence-corrected chi connectivity index (χ0v) is 20.5. The van der Waals surface area contributed by atoms with Crippen molar-refractivity contribution in [2.45, 2.75) is 44.3 Å². The quantitative estimate of drug-likeness (QED) is 0.384. The number of hydrogen-bond donors (Lipinski definition) is 2. The summed E-state index contributed by atoms with van der Waals surface area (Å²) in [6.45, 7) is 0. The fourth-order valence-corrected chi connectivity index (χ4v) is 5.71. The number of hydrogen-bond acceptors (Lipinski definition) is 6. The largest absolute Gasteiger partial charge is 0.474 e. The van der Waals surface area contributed by atoms with Gasteiger partial charge in [0, 0.05) is 31.0 Å². The van der Waals surface area contributed by atoms with Crippen LogP contribution in [0.3, 0.4) is 0 Å². The Morgan fingerprint density at radius 3 is 2.68 bits per heavy atom. The van der Waals surface area contributed by atoms with Gasteiger partial charge in [0.2, 0.25) is 5.88 Å². The number of carbonyl (C=O) groups excluding carboxylic acids is 2. The molecular weight excluding hydrogens is 496 g/mol. The third-order valence-electron chi connectivity index (χ3n) is 7.52. The number of aromatic nitrogens is 5. The Labute approximate surface area is 215 Å². The van der Waals surface area contributed by atoms with Crippen LogP contribution in [0.15, 0.2) is 49.2 Å². The number of nitrogens with two attached hydrogens (primary N) is 1. The first kappa shape index (κ1) is 24.0. The number of imidazole rings is 2. The van der Waals surface area contributed by atoms with Crippen LogP contribution in [0.4, 0.5) is 8.78 Å². The first-order chi connectivity index (χ1) is 18.2. The van der Waals surface area contributed by atoms with Gasteiger partial charge in [-0.2, -0.15) is 0 Å². The molecule has 0 atom stereocenters. The van der Waals surface area contributed by atoms with Crippen LogP contribution in [0.1, 0.15) is 58.8 Å². The van der Waals surface area contributed by atoms with Gasteiger partial charge in [-0.15, -0.1) is 0 Å². The van der Waals surface area contributed by atoms with Crippen LogP contribution in [0.2, 0.25) is 0 Å². The number of nitrogens with one attached hydrogen (secondary N) is 1. The fourth-order valence-electron chi connectivity index (χ4n) is 5.71. The standard InChI is InChI=1S/C26H25F2N7O3/c1-34-13-30-11-19(34)14-4-5-18-20(33-23(21(27)28)35(18)12-14)24(37)32-15-7-26(8-15)9-16(10-26)38-25-17(22(29)36)3-2-6-31-25/h2-6,11-13,15-16,21H,7-10H2,1H3,(H2,29,36)(H,32,37). The molecule has 2 fully saturated rings. The Hall–Kier alpha value is -4.35. The van der Waals surface area contributed by atoms with Crippen LogP contribution in [0.25, 0.3) is 16.8 Å². The zero-order chi connectivity index (χ0) is 26.6. The molecule has 4 heterocycles. The molecule has 12 heteroatoms. The van der Waals surface area contributed by atoms with Crippen molar-refractivity contribution in [2.24, 2.45) is 18.2 Å². The number of carbonyl (C=O) groups is 2. The SMILES string of the molecule is Cn1cncc1-c1ccc2c(C(=O)NC3CC4(C3)CC(Oc3ncccc3C(N)=O)C4)nc(C(F)F)n2c1. The second kappa shape index (κ2) is 8.89. The summed E-state index contributed by atoms with van der Waals surface area (Å²) in [5.41, 5.74) is 7.41. The highest BCUT2D eigenvalue weighted by atomic mass is 19.3. The highest BCUT2D eigenvalue weighted by Crippen LogP contribution is 2.56. The van der Waals surface area contributed by atoms with E-state index in [1.165, 1.54) is 4.40 Å². The summed E-state index contributed by atoms with van der Waals surface area (Å²) in [5.74, 6) is -1.32. The second-order valence-corrected chi connectivity index (χ2v) is 10.1. The highest BCUT2D eigenvalue weighted by molar-refractivity contribution is 5.99. The molecule has 4 aromatic heterocycles. The predicted molar refractivity (Wildman–Crippen MR) is 132 cm³/mol. The molecule has 2 saturated carbocycles. The molecule has 0 radical (unpaired) electrons. The number of primary amides is 1. The molecule has 3 N–H and O–H groups in total. The summed E-state index contributed by atoms with van der Waals surface area (Å²) in [6, 6.07) is 6.51. The van der Waals surface area contributed by atoms with Gasteiger partial charge in [0.15, 0.2) is 11.5 Å². The van der Waals surface area contributed by atoms with E-state index in [2.05, 4.69) is 20.3 Å². The molecule has 10 nitrogen and oxygen atoms in total. The minimum atomic E-state index is -2.85. The van der Waals surface area contributed by atoms with E-state index in [4.69, 9.17) is 10.5 Å². The summed E-state index contributed by atoms with van der Waals surface area (Å²) in [4.78, 5) is 36.9. The van der Waals surface area contributed by atoms with Crippen molar-refractivity contribution in [3.63, 3.8) is 0 Å². The van der Waals surface area contributed by atoms with Gasteiger partial charge < -0.3 is 20.4 Å². The molecule has 0 unspecified atom stereocenters. The zero-order valence-electron chi connectivity index (χ0n) is 20.5. The van der Waals surface area contributed by atoms with Crippen molar-refractivity contribution in [1.29, 1.82) is 0 Å². The lowest BCUT2D eigenvalue weighted by atomic mass is 9.53. The Bertz CT molecular complexity index is 1550. The first-order valence-corrected chi connectivity index (χ1v) is 12.2. The average molecular weight is 522 g/mol. The molecule has 6 rings (SSSR count). The second-order valence-electron chi connectivity index (χ2n) is 10.1. The number of pyridine rings is 2. The number of aryl methyl sites for hydroxylation is 1.